The van der Waals surface area contributed by atoms with E-state index in [0.717, 1.165) is 0 Å². The zero-order chi connectivity index (χ0) is 27.7. The number of hydrogen-bond acceptors (Lipinski definition) is 11. The van der Waals surface area contributed by atoms with E-state index in [1.54, 1.807) is 0 Å². The summed E-state index contributed by atoms with van der Waals surface area (Å²) in [6.07, 6.45) is 0. The van der Waals surface area contributed by atoms with Gasteiger partial charge in [-0.3, -0.25) is 19.2 Å². The lowest BCUT2D eigenvalue weighted by Gasteiger charge is -2.07. The summed E-state index contributed by atoms with van der Waals surface area (Å²) in [5, 5.41) is 0. The van der Waals surface area contributed by atoms with E-state index in [1.807, 2.05) is 0 Å². The minimum atomic E-state index is -0.950. The summed E-state index contributed by atoms with van der Waals surface area (Å²) in [6.45, 7) is 1.31. The number of ether oxygens (including phenoxy) is 4. The third-order valence-corrected chi connectivity index (χ3v) is 4.71. The highest BCUT2D eigenvalue weighted by molar-refractivity contribution is 6.00. The molecule has 0 unspecified atom stereocenters. The van der Waals surface area contributed by atoms with Crippen LogP contribution in [0.15, 0.2) is 66.7 Å². The Morgan fingerprint density at radius 3 is 1.29 bits per heavy atom. The van der Waals surface area contributed by atoms with E-state index in [0.29, 0.717) is 0 Å². The van der Waals surface area contributed by atoms with Gasteiger partial charge < -0.3 is 18.9 Å². The summed E-state index contributed by atoms with van der Waals surface area (Å²) >= 11 is 0. The van der Waals surface area contributed by atoms with Crippen molar-refractivity contribution in [3.8, 4) is 11.5 Å². The third kappa shape index (κ3) is 7.92. The van der Waals surface area contributed by atoms with Crippen LogP contribution < -0.4 is 9.47 Å². The molecule has 0 bridgehead atoms. The van der Waals surface area contributed by atoms with Crippen molar-refractivity contribution in [2.45, 2.75) is 13.8 Å². The first-order valence-corrected chi connectivity index (χ1v) is 11.1. The van der Waals surface area contributed by atoms with Gasteiger partial charge >= 0.3 is 23.9 Å². The summed E-state index contributed by atoms with van der Waals surface area (Å²) in [4.78, 5) is 75.1. The molecule has 0 fully saturated rings. The Labute approximate surface area is 216 Å². The molecule has 0 saturated heterocycles. The molecule has 0 amide bonds. The lowest BCUT2D eigenvalue weighted by atomic mass is 10.1. The molecule has 3 rings (SSSR count). The highest BCUT2D eigenvalue weighted by atomic mass is 16.5. The van der Waals surface area contributed by atoms with Gasteiger partial charge in [-0.15, -0.1) is 0 Å². The Bertz CT molecular complexity index is 1270. The number of carbonyl (C=O) groups excluding carboxylic acids is 6. The Morgan fingerprint density at radius 1 is 0.579 bits per heavy atom. The molecule has 0 aliphatic carbocycles. The summed E-state index contributed by atoms with van der Waals surface area (Å²) in [5.41, 5.74) is -0.0379. The molecule has 0 saturated carbocycles. The van der Waals surface area contributed by atoms with Crippen LogP contribution in [-0.2, 0) is 19.1 Å². The minimum Gasteiger partial charge on any atom is -0.453 e. The van der Waals surface area contributed by atoms with Gasteiger partial charge in [-0.05, 0) is 60.7 Å². The van der Waals surface area contributed by atoms with Gasteiger partial charge in [0.25, 0.3) is 0 Å². The van der Waals surface area contributed by atoms with E-state index in [1.165, 1.54) is 80.6 Å². The molecule has 11 heteroatoms. The van der Waals surface area contributed by atoms with Crippen molar-refractivity contribution in [3.05, 3.63) is 89.2 Å². The maximum absolute atomic E-state index is 12.3. The topological polar surface area (TPSA) is 152 Å². The Kier molecular flexibility index (Phi) is 9.14. The van der Waals surface area contributed by atoms with Crippen LogP contribution in [0.3, 0.4) is 0 Å². The number of benzene rings is 2. The van der Waals surface area contributed by atoms with Gasteiger partial charge in [0.15, 0.2) is 24.8 Å². The summed E-state index contributed by atoms with van der Waals surface area (Å²) in [6, 6.07) is 15.3. The lowest BCUT2D eigenvalue weighted by molar-refractivity contribution is -0.132. The van der Waals surface area contributed by atoms with E-state index in [4.69, 9.17) is 18.9 Å². The predicted molar refractivity (Wildman–Crippen MR) is 129 cm³/mol. The second-order valence-electron chi connectivity index (χ2n) is 7.64. The monoisotopic (exact) mass is 519 g/mol. The number of ketones is 2. The van der Waals surface area contributed by atoms with Crippen LogP contribution in [0.4, 0.5) is 0 Å². The number of carbonyl (C=O) groups is 6. The van der Waals surface area contributed by atoms with Crippen molar-refractivity contribution >= 4 is 35.4 Å². The van der Waals surface area contributed by atoms with Crippen LogP contribution in [0.25, 0.3) is 0 Å². The van der Waals surface area contributed by atoms with Crippen LogP contribution in [0.1, 0.15) is 55.5 Å². The molecule has 0 atom stereocenters. The number of hydrogen-bond donors (Lipinski definition) is 0. The van der Waals surface area contributed by atoms with E-state index in [9.17, 15) is 28.8 Å². The van der Waals surface area contributed by atoms with Crippen molar-refractivity contribution in [2.75, 3.05) is 13.2 Å². The smallest absolute Gasteiger partial charge is 0.357 e. The fourth-order valence-corrected chi connectivity index (χ4v) is 2.99. The predicted octanol–water partition coefficient (Wildman–Crippen LogP) is 3.01. The van der Waals surface area contributed by atoms with Crippen molar-refractivity contribution in [3.63, 3.8) is 0 Å². The second-order valence-corrected chi connectivity index (χ2v) is 7.64. The molecule has 1 aromatic heterocycles. The zero-order valence-electron chi connectivity index (χ0n) is 20.3. The fraction of sp³-hybridized carbons (Fsp3) is 0.148. The third-order valence-electron chi connectivity index (χ3n) is 4.71. The first-order chi connectivity index (χ1) is 18.1. The molecule has 3 aromatic rings. The largest absolute Gasteiger partial charge is 0.453 e. The van der Waals surface area contributed by atoms with Gasteiger partial charge in [0.05, 0.1) is 0 Å². The molecule has 0 N–H and O–H groups in total. The number of nitrogens with zero attached hydrogens (tertiary/aromatic N) is 1. The highest BCUT2D eigenvalue weighted by Gasteiger charge is 2.18. The fourth-order valence-electron chi connectivity index (χ4n) is 2.99. The van der Waals surface area contributed by atoms with Crippen LogP contribution >= 0.6 is 0 Å². The van der Waals surface area contributed by atoms with Crippen molar-refractivity contribution in [1.29, 1.82) is 0 Å². The average molecular weight is 519 g/mol. The van der Waals surface area contributed by atoms with Gasteiger partial charge in [0.2, 0.25) is 0 Å². The summed E-state index contributed by atoms with van der Waals surface area (Å²) in [7, 11) is 0. The molecular weight excluding hydrogens is 498 g/mol. The van der Waals surface area contributed by atoms with E-state index < -0.39 is 48.7 Å². The maximum Gasteiger partial charge on any atom is 0.357 e. The van der Waals surface area contributed by atoms with E-state index in [2.05, 4.69) is 4.98 Å². The van der Waals surface area contributed by atoms with Gasteiger partial charge in [0, 0.05) is 25.0 Å². The zero-order valence-corrected chi connectivity index (χ0v) is 20.3. The normalized spacial score (nSPS) is 10.2. The average Bonchev–Trinajstić information content (AvgIpc) is 2.90. The molecule has 1 heterocycles. The molecular formula is C27H21NO10. The molecule has 0 aliphatic heterocycles. The standard InChI is InChI=1S/C27H21NO10/c1-16(29)37-20-10-6-18(7-11-20)24(31)14-35-26(33)22-4-3-5-23(28-22)27(34)36-15-25(32)19-8-12-21(13-9-19)38-17(2)30/h3-13H,14-15H2,1-2H3. The molecule has 194 valence electrons. The number of esters is 4. The molecule has 0 radical (unpaired) electrons. The van der Waals surface area contributed by atoms with Crippen molar-refractivity contribution in [1.82, 2.24) is 4.98 Å². The quantitative estimate of drug-likeness (QED) is 0.221. The van der Waals surface area contributed by atoms with Crippen molar-refractivity contribution < 1.29 is 47.7 Å². The van der Waals surface area contributed by atoms with Gasteiger partial charge in [-0.1, -0.05) is 6.07 Å². The van der Waals surface area contributed by atoms with E-state index >= 15 is 0 Å². The maximum atomic E-state index is 12.3. The van der Waals surface area contributed by atoms with Crippen LogP contribution in [-0.4, -0.2) is 53.6 Å². The van der Waals surface area contributed by atoms with Crippen LogP contribution in [0, 0.1) is 0 Å². The van der Waals surface area contributed by atoms with Crippen LogP contribution in [0.2, 0.25) is 0 Å². The Balaban J connectivity index is 1.53. The highest BCUT2D eigenvalue weighted by Crippen LogP contribution is 2.14. The molecule has 11 nitrogen and oxygen atoms in total. The number of rotatable bonds is 10. The van der Waals surface area contributed by atoms with Gasteiger partial charge in [0.1, 0.15) is 22.9 Å². The Morgan fingerprint density at radius 2 is 0.947 bits per heavy atom. The number of Topliss-reactive ketones (excluding diaryl/α,β-unsaturated/α-hetero) is 2. The molecule has 0 aliphatic rings. The number of pyridine rings is 1. The lowest BCUT2D eigenvalue weighted by Crippen LogP contribution is -2.18. The van der Waals surface area contributed by atoms with E-state index in [-0.39, 0.29) is 34.0 Å². The first-order valence-electron chi connectivity index (χ1n) is 11.1. The first kappa shape index (κ1) is 27.4. The molecule has 0 spiro atoms. The van der Waals surface area contributed by atoms with Gasteiger partial charge in [-0.2, -0.15) is 0 Å². The van der Waals surface area contributed by atoms with Crippen LogP contribution in [0.5, 0.6) is 11.5 Å². The Hall–Kier alpha value is -5.19. The minimum absolute atomic E-state index is 0.227. The summed E-state index contributed by atoms with van der Waals surface area (Å²) in [5.74, 6) is -3.41. The SMILES string of the molecule is CC(=O)Oc1ccc(C(=O)COC(=O)c2cccc(C(=O)OCC(=O)c3ccc(OC(C)=O)cc3)n2)cc1. The molecule has 38 heavy (non-hydrogen) atoms. The molecule has 2 aromatic carbocycles. The number of aromatic nitrogens is 1. The van der Waals surface area contributed by atoms with Gasteiger partial charge in [-0.25, -0.2) is 14.6 Å². The summed E-state index contributed by atoms with van der Waals surface area (Å²) < 4.78 is 19.8. The van der Waals surface area contributed by atoms with Crippen molar-refractivity contribution in [2.24, 2.45) is 0 Å². The second kappa shape index (κ2) is 12.7.